The van der Waals surface area contributed by atoms with Gasteiger partial charge in [0.1, 0.15) is 5.75 Å². The first-order chi connectivity index (χ1) is 9.70. The Balaban J connectivity index is 2.10. The van der Waals surface area contributed by atoms with Crippen molar-refractivity contribution in [3.63, 3.8) is 0 Å². The van der Waals surface area contributed by atoms with Crippen LogP contribution in [0.5, 0.6) is 5.75 Å². The van der Waals surface area contributed by atoms with E-state index in [1.54, 1.807) is 7.11 Å². The maximum absolute atomic E-state index is 10.4. The number of H-pyrrole nitrogens is 1. The number of aliphatic hydroxyl groups is 1. The van der Waals surface area contributed by atoms with Gasteiger partial charge in [0.25, 0.3) is 0 Å². The predicted molar refractivity (Wildman–Crippen MR) is 81.8 cm³/mol. The molecule has 2 N–H and O–H groups in total. The number of aromatic amines is 1. The fourth-order valence-corrected chi connectivity index (χ4v) is 3.48. The summed E-state index contributed by atoms with van der Waals surface area (Å²) in [5, 5.41) is 10.4. The second-order valence-electron chi connectivity index (χ2n) is 5.46. The Bertz CT molecular complexity index is 661. The lowest BCUT2D eigenvalue weighted by Crippen LogP contribution is -2.23. The number of aliphatic hydroxyl groups excluding tert-OH is 1. The molecule has 0 spiro atoms. The maximum atomic E-state index is 10.4. The van der Waals surface area contributed by atoms with Crippen molar-refractivity contribution in [3.05, 3.63) is 23.0 Å². The summed E-state index contributed by atoms with van der Waals surface area (Å²) in [5.41, 5.74) is 2.01. The number of methoxy groups -OCH3 is 1. The maximum Gasteiger partial charge on any atom is 0.178 e. The number of nitrogens with one attached hydrogen (secondary N) is 1. The van der Waals surface area contributed by atoms with Crippen molar-refractivity contribution in [2.45, 2.75) is 44.2 Å². The molecule has 0 amide bonds. The Hall–Kier alpha value is -1.33. The van der Waals surface area contributed by atoms with Gasteiger partial charge in [0.2, 0.25) is 0 Å². The van der Waals surface area contributed by atoms with Crippen LogP contribution in [0.3, 0.4) is 0 Å². The lowest BCUT2D eigenvalue weighted by Gasteiger charge is -2.22. The smallest absolute Gasteiger partial charge is 0.178 e. The van der Waals surface area contributed by atoms with E-state index in [4.69, 9.17) is 17.0 Å². The molecule has 0 radical (unpaired) electrons. The van der Waals surface area contributed by atoms with Crippen LogP contribution in [0.4, 0.5) is 0 Å². The zero-order valence-corrected chi connectivity index (χ0v) is 12.4. The van der Waals surface area contributed by atoms with E-state index in [1.807, 2.05) is 18.2 Å². The standard InChI is InChI=1S/C15H20N2O2S/c1-19-10-7-8-12-11(9-10)16-15(20)17(12)13-5-3-2-4-6-14(13)18/h7-9,13-14,18H,2-6H2,1H3,(H,16,20). The monoisotopic (exact) mass is 292 g/mol. The predicted octanol–water partition coefficient (Wildman–Crippen LogP) is 3.57. The highest BCUT2D eigenvalue weighted by Gasteiger charge is 2.25. The molecule has 3 rings (SSSR count). The molecule has 4 nitrogen and oxygen atoms in total. The van der Waals surface area contributed by atoms with E-state index in [1.165, 1.54) is 6.42 Å². The minimum absolute atomic E-state index is 0.0761. The molecular formula is C15H20N2O2S. The number of ether oxygens (including phenoxy) is 1. The zero-order valence-electron chi connectivity index (χ0n) is 11.6. The zero-order chi connectivity index (χ0) is 14.1. The molecule has 5 heteroatoms. The molecule has 1 fully saturated rings. The fourth-order valence-electron chi connectivity index (χ4n) is 3.14. The van der Waals surface area contributed by atoms with Gasteiger partial charge in [-0.15, -0.1) is 0 Å². The Labute approximate surface area is 123 Å². The van der Waals surface area contributed by atoms with Crippen LogP contribution in [0.15, 0.2) is 18.2 Å². The Morgan fingerprint density at radius 2 is 2.10 bits per heavy atom. The van der Waals surface area contributed by atoms with Crippen molar-refractivity contribution in [2.24, 2.45) is 0 Å². The molecule has 1 aliphatic carbocycles. The van der Waals surface area contributed by atoms with Crippen LogP contribution in [-0.2, 0) is 0 Å². The average Bonchev–Trinajstić information content (AvgIpc) is 2.62. The van der Waals surface area contributed by atoms with Gasteiger partial charge in [0, 0.05) is 6.07 Å². The summed E-state index contributed by atoms with van der Waals surface area (Å²) in [4.78, 5) is 3.23. The number of imidazole rings is 1. The fraction of sp³-hybridized carbons (Fsp3) is 0.533. The third-order valence-corrected chi connectivity index (χ3v) is 4.50. The molecule has 108 valence electrons. The van der Waals surface area contributed by atoms with Crippen LogP contribution in [-0.4, -0.2) is 27.9 Å². The molecule has 2 aromatic rings. The van der Waals surface area contributed by atoms with Gasteiger partial charge in [-0.1, -0.05) is 19.3 Å². The molecule has 1 aromatic carbocycles. The summed E-state index contributed by atoms with van der Waals surface area (Å²) in [6.45, 7) is 0. The van der Waals surface area contributed by atoms with Crippen molar-refractivity contribution in [1.29, 1.82) is 0 Å². The Morgan fingerprint density at radius 1 is 1.30 bits per heavy atom. The van der Waals surface area contributed by atoms with Crippen LogP contribution < -0.4 is 4.74 Å². The highest BCUT2D eigenvalue weighted by Crippen LogP contribution is 2.32. The van der Waals surface area contributed by atoms with Gasteiger partial charge in [-0.05, 0) is 37.2 Å². The molecule has 0 saturated heterocycles. The number of hydrogen-bond donors (Lipinski definition) is 2. The van der Waals surface area contributed by atoms with Crippen LogP contribution in [0.25, 0.3) is 11.0 Å². The van der Waals surface area contributed by atoms with E-state index in [0.29, 0.717) is 4.77 Å². The van der Waals surface area contributed by atoms with Crippen molar-refractivity contribution in [3.8, 4) is 5.75 Å². The molecule has 1 aliphatic rings. The largest absolute Gasteiger partial charge is 0.497 e. The summed E-state index contributed by atoms with van der Waals surface area (Å²) >= 11 is 5.47. The third-order valence-electron chi connectivity index (χ3n) is 4.20. The first-order valence-electron chi connectivity index (χ1n) is 7.17. The highest BCUT2D eigenvalue weighted by atomic mass is 32.1. The van der Waals surface area contributed by atoms with Crippen LogP contribution in [0, 0.1) is 4.77 Å². The summed E-state index contributed by atoms with van der Waals surface area (Å²) in [6.07, 6.45) is 4.96. The van der Waals surface area contributed by atoms with E-state index >= 15 is 0 Å². The molecule has 2 unspecified atom stereocenters. The molecule has 20 heavy (non-hydrogen) atoms. The molecule has 2 atom stereocenters. The normalized spacial score (nSPS) is 23.7. The Kier molecular flexibility index (Phi) is 3.81. The summed E-state index contributed by atoms with van der Waals surface area (Å²) < 4.78 is 8.01. The summed E-state index contributed by atoms with van der Waals surface area (Å²) in [5.74, 6) is 0.808. The van der Waals surface area contributed by atoms with Gasteiger partial charge < -0.3 is 19.4 Å². The Morgan fingerprint density at radius 3 is 2.90 bits per heavy atom. The summed E-state index contributed by atoms with van der Waals surface area (Å²) in [7, 11) is 1.65. The average molecular weight is 292 g/mol. The molecule has 1 saturated carbocycles. The summed E-state index contributed by atoms with van der Waals surface area (Å²) in [6, 6.07) is 5.97. The lowest BCUT2D eigenvalue weighted by molar-refractivity contribution is 0.107. The van der Waals surface area contributed by atoms with Crippen molar-refractivity contribution in [2.75, 3.05) is 7.11 Å². The van der Waals surface area contributed by atoms with Gasteiger partial charge in [-0.3, -0.25) is 0 Å². The van der Waals surface area contributed by atoms with Crippen LogP contribution >= 0.6 is 12.2 Å². The number of rotatable bonds is 2. The second-order valence-corrected chi connectivity index (χ2v) is 5.84. The lowest BCUT2D eigenvalue weighted by atomic mass is 10.1. The number of benzene rings is 1. The SMILES string of the molecule is COc1ccc2c(c1)[nH]c(=S)n2C1CCCCCC1O. The quantitative estimate of drug-likeness (QED) is 0.657. The number of aromatic nitrogens is 2. The number of fused-ring (bicyclic) bond motifs is 1. The third kappa shape index (κ3) is 2.36. The van der Waals surface area contributed by atoms with Gasteiger partial charge in [-0.2, -0.15) is 0 Å². The number of nitrogens with zero attached hydrogens (tertiary/aromatic N) is 1. The van der Waals surface area contributed by atoms with E-state index in [0.717, 1.165) is 42.5 Å². The van der Waals surface area contributed by atoms with Gasteiger partial charge in [-0.25, -0.2) is 0 Å². The van der Waals surface area contributed by atoms with Crippen molar-refractivity contribution < 1.29 is 9.84 Å². The minimum Gasteiger partial charge on any atom is -0.497 e. The number of hydrogen-bond acceptors (Lipinski definition) is 3. The van der Waals surface area contributed by atoms with Crippen LogP contribution in [0.2, 0.25) is 0 Å². The molecule has 1 aromatic heterocycles. The van der Waals surface area contributed by atoms with Gasteiger partial charge in [0.15, 0.2) is 4.77 Å². The van der Waals surface area contributed by atoms with E-state index in [2.05, 4.69) is 9.55 Å². The van der Waals surface area contributed by atoms with Gasteiger partial charge in [0.05, 0.1) is 30.3 Å². The van der Waals surface area contributed by atoms with Gasteiger partial charge >= 0.3 is 0 Å². The molecule has 0 aliphatic heterocycles. The highest BCUT2D eigenvalue weighted by molar-refractivity contribution is 7.71. The molecule has 0 bridgehead atoms. The molecular weight excluding hydrogens is 272 g/mol. The van der Waals surface area contributed by atoms with E-state index in [9.17, 15) is 5.11 Å². The van der Waals surface area contributed by atoms with Crippen LogP contribution in [0.1, 0.15) is 38.1 Å². The first-order valence-corrected chi connectivity index (χ1v) is 7.58. The van der Waals surface area contributed by atoms with Crippen molar-refractivity contribution >= 4 is 23.3 Å². The van der Waals surface area contributed by atoms with E-state index < -0.39 is 0 Å². The second kappa shape index (κ2) is 5.58. The van der Waals surface area contributed by atoms with Crippen molar-refractivity contribution in [1.82, 2.24) is 9.55 Å². The first kappa shape index (κ1) is 13.6. The minimum atomic E-state index is -0.315. The van der Waals surface area contributed by atoms with E-state index in [-0.39, 0.29) is 12.1 Å². The molecule has 1 heterocycles. The topological polar surface area (TPSA) is 50.2 Å².